The van der Waals surface area contributed by atoms with Crippen molar-refractivity contribution in [1.82, 2.24) is 9.88 Å². The number of nitrogens with zero attached hydrogens (tertiary/aromatic N) is 1. The van der Waals surface area contributed by atoms with Crippen LogP contribution in [0.25, 0.3) is 10.9 Å². The van der Waals surface area contributed by atoms with Crippen molar-refractivity contribution in [3.8, 4) is 0 Å². The molecule has 1 unspecified atom stereocenters. The second kappa shape index (κ2) is 7.41. The molecular formula is C24H30N2O4. The first-order chi connectivity index (χ1) is 14.5. The molecule has 6 rings (SSSR count). The molecule has 1 N–H and O–H groups in total. The van der Waals surface area contributed by atoms with E-state index in [1.54, 1.807) is 0 Å². The molecule has 6 nitrogen and oxygen atoms in total. The van der Waals surface area contributed by atoms with Gasteiger partial charge in [-0.2, -0.15) is 0 Å². The molecule has 1 saturated carbocycles. The van der Waals surface area contributed by atoms with Crippen LogP contribution in [0, 0.1) is 11.8 Å². The predicted molar refractivity (Wildman–Crippen MR) is 113 cm³/mol. The fourth-order valence-electron chi connectivity index (χ4n) is 6.58. The maximum Gasteiger partial charge on any atom is 0.319 e. The van der Waals surface area contributed by atoms with E-state index in [0.717, 1.165) is 50.0 Å². The van der Waals surface area contributed by atoms with E-state index < -0.39 is 5.41 Å². The molecule has 1 aliphatic carbocycles. The molecule has 4 bridgehead atoms. The topological polar surface area (TPSA) is 71.6 Å². The number of fused-ring (bicyclic) bond motifs is 4. The molecule has 2 aromatic rings. The summed E-state index contributed by atoms with van der Waals surface area (Å²) in [6, 6.07) is 8.44. The molecule has 5 atom stereocenters. The lowest BCUT2D eigenvalue weighted by molar-refractivity contribution is -0.166. The van der Waals surface area contributed by atoms with Gasteiger partial charge in [-0.15, -0.1) is 0 Å². The van der Waals surface area contributed by atoms with Crippen molar-refractivity contribution in [3.05, 3.63) is 35.5 Å². The van der Waals surface area contributed by atoms with Gasteiger partial charge in [0.1, 0.15) is 5.41 Å². The first kappa shape index (κ1) is 19.6. The fourth-order valence-corrected chi connectivity index (χ4v) is 6.58. The highest BCUT2D eigenvalue weighted by Gasteiger charge is 2.63. The molecule has 4 heterocycles. The highest BCUT2D eigenvalue weighted by Crippen LogP contribution is 2.55. The van der Waals surface area contributed by atoms with Gasteiger partial charge in [0, 0.05) is 42.7 Å². The van der Waals surface area contributed by atoms with Crippen molar-refractivity contribution in [3.63, 3.8) is 0 Å². The number of carbonyl (C=O) groups is 2. The van der Waals surface area contributed by atoms with E-state index >= 15 is 0 Å². The number of H-pyrrole nitrogens is 1. The molecule has 3 aliphatic heterocycles. The minimum Gasteiger partial charge on any atom is -0.466 e. The van der Waals surface area contributed by atoms with Crippen molar-refractivity contribution in [1.29, 1.82) is 0 Å². The molecule has 1 aromatic carbocycles. The Bertz CT molecular complexity index is 983. The van der Waals surface area contributed by atoms with Crippen molar-refractivity contribution in [2.75, 3.05) is 26.3 Å². The summed E-state index contributed by atoms with van der Waals surface area (Å²) in [4.78, 5) is 31.2. The maximum absolute atomic E-state index is 13.7. The van der Waals surface area contributed by atoms with E-state index in [0.29, 0.717) is 25.0 Å². The van der Waals surface area contributed by atoms with E-state index in [4.69, 9.17) is 9.47 Å². The van der Waals surface area contributed by atoms with E-state index in [-0.39, 0.29) is 18.0 Å². The number of nitrogens with one attached hydrogen (secondary N) is 1. The summed E-state index contributed by atoms with van der Waals surface area (Å²) in [6.07, 6.45) is 3.63. The Kier molecular flexibility index (Phi) is 4.85. The van der Waals surface area contributed by atoms with E-state index in [9.17, 15) is 9.59 Å². The molecule has 30 heavy (non-hydrogen) atoms. The quantitative estimate of drug-likeness (QED) is 0.767. The van der Waals surface area contributed by atoms with Crippen molar-refractivity contribution < 1.29 is 19.1 Å². The monoisotopic (exact) mass is 410 g/mol. The van der Waals surface area contributed by atoms with E-state index in [1.807, 2.05) is 13.0 Å². The standard InChI is InChI=1S/C24H30N2O4/c1-3-29-23(28)24-13-16-12-17(9-11-30-15(2)27)22(24)26(14-16)10-8-19-18-6-4-5-7-20(18)25-21(19)24/h4-7,16-17,22,25H,3,8-14H2,1-2H3/t16-,17+,22+,24-/m1/s1. The number of para-hydroxylation sites is 1. The third kappa shape index (κ3) is 2.88. The Morgan fingerprint density at radius 3 is 2.90 bits per heavy atom. The molecule has 0 spiro atoms. The Labute approximate surface area is 176 Å². The first-order valence-electron chi connectivity index (χ1n) is 11.2. The average Bonchev–Trinajstić information content (AvgIpc) is 3.06. The van der Waals surface area contributed by atoms with Crippen molar-refractivity contribution >= 4 is 22.8 Å². The van der Waals surface area contributed by atoms with Gasteiger partial charge in [-0.3, -0.25) is 14.5 Å². The molecule has 1 aromatic heterocycles. The second-order valence-corrected chi connectivity index (χ2v) is 9.10. The largest absolute Gasteiger partial charge is 0.466 e. The first-order valence-corrected chi connectivity index (χ1v) is 11.2. The summed E-state index contributed by atoms with van der Waals surface area (Å²) < 4.78 is 11.0. The van der Waals surface area contributed by atoms with E-state index in [2.05, 4.69) is 28.1 Å². The van der Waals surface area contributed by atoms with Crippen LogP contribution in [0.15, 0.2) is 24.3 Å². The Morgan fingerprint density at radius 2 is 2.10 bits per heavy atom. The summed E-state index contributed by atoms with van der Waals surface area (Å²) >= 11 is 0. The van der Waals surface area contributed by atoms with Gasteiger partial charge in [-0.25, -0.2) is 0 Å². The summed E-state index contributed by atoms with van der Waals surface area (Å²) in [5.74, 6) is 0.404. The molecule has 2 saturated heterocycles. The molecule has 0 amide bonds. The number of benzene rings is 1. The van der Waals surface area contributed by atoms with Crippen LogP contribution in [-0.2, 0) is 30.9 Å². The SMILES string of the molecule is CCOC(=O)[C@@]12C[C@H]3C[C@H](CCOC(C)=O)[C@@H]1N(CCc1c2[nH]c2ccccc12)C3. The zero-order chi connectivity index (χ0) is 20.9. The van der Waals surface area contributed by atoms with Gasteiger partial charge < -0.3 is 14.5 Å². The molecule has 6 heteroatoms. The van der Waals surface area contributed by atoms with Crippen LogP contribution < -0.4 is 0 Å². The van der Waals surface area contributed by atoms with Gasteiger partial charge >= 0.3 is 11.9 Å². The van der Waals surface area contributed by atoms with Crippen LogP contribution in [0.4, 0.5) is 0 Å². The smallest absolute Gasteiger partial charge is 0.319 e. The normalized spacial score (nSPS) is 31.8. The summed E-state index contributed by atoms with van der Waals surface area (Å²) in [6.45, 7) is 6.11. The lowest BCUT2D eigenvalue weighted by Crippen LogP contribution is -2.67. The maximum atomic E-state index is 13.7. The van der Waals surface area contributed by atoms with Gasteiger partial charge in [0.25, 0.3) is 0 Å². The lowest BCUT2D eigenvalue weighted by atomic mass is 9.56. The number of aromatic amines is 1. The minimum absolute atomic E-state index is 0.0754. The number of hydrogen-bond acceptors (Lipinski definition) is 5. The van der Waals surface area contributed by atoms with Crippen LogP contribution in [0.3, 0.4) is 0 Å². The van der Waals surface area contributed by atoms with Gasteiger partial charge in [0.15, 0.2) is 0 Å². The third-order valence-electron chi connectivity index (χ3n) is 7.43. The van der Waals surface area contributed by atoms with Crippen LogP contribution in [0.2, 0.25) is 0 Å². The van der Waals surface area contributed by atoms with Crippen LogP contribution in [0.5, 0.6) is 0 Å². The molecule has 4 aliphatic rings. The Morgan fingerprint density at radius 1 is 1.27 bits per heavy atom. The van der Waals surface area contributed by atoms with Gasteiger partial charge in [0.2, 0.25) is 0 Å². The zero-order valence-corrected chi connectivity index (χ0v) is 17.8. The Hall–Kier alpha value is -2.34. The van der Waals surface area contributed by atoms with Crippen molar-refractivity contribution in [2.45, 2.75) is 51.0 Å². The van der Waals surface area contributed by atoms with E-state index in [1.165, 1.54) is 17.9 Å². The second-order valence-electron chi connectivity index (χ2n) is 9.10. The number of carbonyl (C=O) groups excluding carboxylic acids is 2. The zero-order valence-electron chi connectivity index (χ0n) is 17.8. The van der Waals surface area contributed by atoms with Gasteiger partial charge in [-0.05, 0) is 56.1 Å². The lowest BCUT2D eigenvalue weighted by Gasteiger charge is -2.58. The molecule has 0 radical (unpaired) electrons. The van der Waals surface area contributed by atoms with Gasteiger partial charge in [0.05, 0.1) is 13.2 Å². The number of ether oxygens (including phenoxy) is 2. The highest BCUT2D eigenvalue weighted by atomic mass is 16.5. The third-order valence-corrected chi connectivity index (χ3v) is 7.43. The number of rotatable bonds is 5. The molecular weight excluding hydrogens is 380 g/mol. The average molecular weight is 411 g/mol. The van der Waals surface area contributed by atoms with Gasteiger partial charge in [-0.1, -0.05) is 18.2 Å². The Balaban J connectivity index is 1.63. The van der Waals surface area contributed by atoms with Crippen LogP contribution in [0.1, 0.15) is 44.4 Å². The highest BCUT2D eigenvalue weighted by molar-refractivity contribution is 5.91. The fraction of sp³-hybridized carbons (Fsp3) is 0.583. The number of hydrogen-bond donors (Lipinski definition) is 1. The van der Waals surface area contributed by atoms with Crippen molar-refractivity contribution in [2.24, 2.45) is 11.8 Å². The number of piperidine rings is 2. The summed E-state index contributed by atoms with van der Waals surface area (Å²) in [5, 5.41) is 1.22. The number of aromatic nitrogens is 1. The summed E-state index contributed by atoms with van der Waals surface area (Å²) in [5.41, 5.74) is 2.75. The summed E-state index contributed by atoms with van der Waals surface area (Å²) in [7, 11) is 0. The predicted octanol–water partition coefficient (Wildman–Crippen LogP) is 3.19. The van der Waals surface area contributed by atoms with Crippen LogP contribution in [-0.4, -0.2) is 54.2 Å². The molecule has 160 valence electrons. The molecule has 3 fully saturated rings. The number of esters is 2. The minimum atomic E-state index is -0.678. The van der Waals surface area contributed by atoms with Crippen LogP contribution >= 0.6 is 0 Å².